The molecular formula is C21H24N2O5. The summed E-state index contributed by atoms with van der Waals surface area (Å²) in [5.41, 5.74) is 0.916. The van der Waals surface area contributed by atoms with E-state index in [9.17, 15) is 14.4 Å². The molecule has 1 heterocycles. The van der Waals surface area contributed by atoms with Crippen molar-refractivity contribution in [2.24, 2.45) is 5.92 Å². The van der Waals surface area contributed by atoms with Crippen LogP contribution in [-0.2, 0) is 20.9 Å². The number of rotatable bonds is 10. The fourth-order valence-electron chi connectivity index (χ4n) is 2.52. The van der Waals surface area contributed by atoms with Crippen LogP contribution in [0.25, 0.3) is 6.08 Å². The van der Waals surface area contributed by atoms with Crippen LogP contribution >= 0.6 is 0 Å². The first kappa shape index (κ1) is 21.0. The molecule has 7 heteroatoms. The van der Waals surface area contributed by atoms with E-state index in [0.717, 1.165) is 5.56 Å². The van der Waals surface area contributed by atoms with E-state index in [1.807, 2.05) is 30.3 Å². The minimum atomic E-state index is -0.956. The Morgan fingerprint density at radius 1 is 1.18 bits per heavy atom. The number of carboxylic acids is 1. The number of carboxylic acid groups (broad SMARTS) is 1. The van der Waals surface area contributed by atoms with Crippen molar-refractivity contribution in [1.82, 2.24) is 10.2 Å². The second-order valence-electron chi connectivity index (χ2n) is 6.39. The Bertz CT molecular complexity index is 799. The molecule has 0 aliphatic carbocycles. The third-order valence-electron chi connectivity index (χ3n) is 4.07. The van der Waals surface area contributed by atoms with Gasteiger partial charge in [0.05, 0.1) is 12.2 Å². The lowest BCUT2D eigenvalue weighted by molar-refractivity contribution is -0.143. The summed E-state index contributed by atoms with van der Waals surface area (Å²) in [4.78, 5) is 37.1. The molecule has 1 atom stereocenters. The van der Waals surface area contributed by atoms with Crippen molar-refractivity contribution in [1.29, 1.82) is 0 Å². The summed E-state index contributed by atoms with van der Waals surface area (Å²) in [6.45, 7) is 2.15. The average molecular weight is 384 g/mol. The molecule has 0 aliphatic rings. The van der Waals surface area contributed by atoms with Gasteiger partial charge in [0.15, 0.2) is 0 Å². The molecule has 28 heavy (non-hydrogen) atoms. The highest BCUT2D eigenvalue weighted by atomic mass is 16.4. The fourth-order valence-corrected chi connectivity index (χ4v) is 2.52. The molecule has 0 saturated heterocycles. The van der Waals surface area contributed by atoms with Gasteiger partial charge in [-0.2, -0.15) is 0 Å². The van der Waals surface area contributed by atoms with Gasteiger partial charge < -0.3 is 19.7 Å². The van der Waals surface area contributed by atoms with Gasteiger partial charge in [-0.05, 0) is 23.8 Å². The van der Waals surface area contributed by atoms with Gasteiger partial charge in [0.1, 0.15) is 5.76 Å². The summed E-state index contributed by atoms with van der Waals surface area (Å²) >= 11 is 0. The number of carbonyl (C=O) groups excluding carboxylic acids is 2. The molecule has 2 aromatic rings. The van der Waals surface area contributed by atoms with Crippen molar-refractivity contribution < 1.29 is 23.9 Å². The molecule has 2 N–H and O–H groups in total. The summed E-state index contributed by atoms with van der Waals surface area (Å²) < 4.78 is 5.10. The minimum absolute atomic E-state index is 0.0828. The molecule has 0 fully saturated rings. The third-order valence-corrected chi connectivity index (χ3v) is 4.07. The number of furan rings is 1. The van der Waals surface area contributed by atoms with Crippen LogP contribution in [0.5, 0.6) is 0 Å². The maximum absolute atomic E-state index is 12.6. The van der Waals surface area contributed by atoms with Crippen LogP contribution in [-0.4, -0.2) is 40.9 Å². The lowest BCUT2D eigenvalue weighted by Crippen LogP contribution is -2.38. The maximum Gasteiger partial charge on any atom is 0.308 e. The van der Waals surface area contributed by atoms with Gasteiger partial charge in [-0.1, -0.05) is 37.3 Å². The van der Waals surface area contributed by atoms with Gasteiger partial charge in [0.2, 0.25) is 11.8 Å². The normalized spacial score (nSPS) is 11.9. The largest absolute Gasteiger partial charge is 0.481 e. The zero-order valence-corrected chi connectivity index (χ0v) is 15.7. The summed E-state index contributed by atoms with van der Waals surface area (Å²) in [6, 6.07) is 12.8. The predicted molar refractivity (Wildman–Crippen MR) is 104 cm³/mol. The SMILES string of the molecule is CC(CN(Cc1ccccc1)C(=O)CCNC(=O)C=Cc1ccco1)C(=O)O. The number of amides is 2. The van der Waals surface area contributed by atoms with Crippen molar-refractivity contribution in [3.8, 4) is 0 Å². The van der Waals surface area contributed by atoms with Gasteiger partial charge in [-0.15, -0.1) is 0 Å². The average Bonchev–Trinajstić information content (AvgIpc) is 3.20. The fraction of sp³-hybridized carbons (Fsp3) is 0.286. The van der Waals surface area contributed by atoms with Crippen LogP contribution in [0.3, 0.4) is 0 Å². The molecule has 2 amide bonds. The Balaban J connectivity index is 1.88. The Labute approximate surface area is 163 Å². The summed E-state index contributed by atoms with van der Waals surface area (Å²) in [5, 5.41) is 11.8. The maximum atomic E-state index is 12.6. The van der Waals surface area contributed by atoms with Crippen LogP contribution in [0.4, 0.5) is 0 Å². The molecular weight excluding hydrogens is 360 g/mol. The van der Waals surface area contributed by atoms with Gasteiger partial charge in [-0.25, -0.2) is 0 Å². The molecule has 0 saturated carbocycles. The molecule has 0 bridgehead atoms. The highest BCUT2D eigenvalue weighted by Gasteiger charge is 2.20. The lowest BCUT2D eigenvalue weighted by atomic mass is 10.1. The van der Waals surface area contributed by atoms with Gasteiger partial charge >= 0.3 is 5.97 Å². The number of benzene rings is 1. The van der Waals surface area contributed by atoms with Crippen LogP contribution in [0.2, 0.25) is 0 Å². The van der Waals surface area contributed by atoms with E-state index in [2.05, 4.69) is 5.32 Å². The van der Waals surface area contributed by atoms with E-state index in [1.165, 1.54) is 23.3 Å². The quantitative estimate of drug-likeness (QED) is 0.613. The van der Waals surface area contributed by atoms with Crippen molar-refractivity contribution in [3.63, 3.8) is 0 Å². The molecule has 1 aromatic heterocycles. The number of nitrogens with one attached hydrogen (secondary N) is 1. The van der Waals surface area contributed by atoms with Crippen LogP contribution in [0, 0.1) is 5.92 Å². The molecule has 7 nitrogen and oxygen atoms in total. The molecule has 1 aromatic carbocycles. The zero-order valence-electron chi connectivity index (χ0n) is 15.7. The summed E-state index contributed by atoms with van der Waals surface area (Å²) in [6.07, 6.45) is 4.46. The number of hydrogen-bond acceptors (Lipinski definition) is 4. The predicted octanol–water partition coefficient (Wildman–Crippen LogP) is 2.55. The highest BCUT2D eigenvalue weighted by Crippen LogP contribution is 2.10. The van der Waals surface area contributed by atoms with Crippen molar-refractivity contribution in [3.05, 3.63) is 66.1 Å². The minimum Gasteiger partial charge on any atom is -0.481 e. The Morgan fingerprint density at radius 3 is 2.57 bits per heavy atom. The van der Waals surface area contributed by atoms with Crippen LogP contribution < -0.4 is 5.32 Å². The second kappa shape index (κ2) is 10.7. The van der Waals surface area contributed by atoms with E-state index in [1.54, 1.807) is 19.1 Å². The van der Waals surface area contributed by atoms with E-state index in [4.69, 9.17) is 9.52 Å². The van der Waals surface area contributed by atoms with Gasteiger partial charge in [0, 0.05) is 32.1 Å². The van der Waals surface area contributed by atoms with Crippen LogP contribution in [0.15, 0.2) is 59.2 Å². The smallest absolute Gasteiger partial charge is 0.308 e. The topological polar surface area (TPSA) is 99.9 Å². The third kappa shape index (κ3) is 7.11. The number of aliphatic carboxylic acids is 1. The Hall–Kier alpha value is -3.35. The summed E-state index contributed by atoms with van der Waals surface area (Å²) in [7, 11) is 0. The van der Waals surface area contributed by atoms with Gasteiger partial charge in [0.25, 0.3) is 0 Å². The number of nitrogens with zero attached hydrogens (tertiary/aromatic N) is 1. The first-order chi connectivity index (χ1) is 13.5. The number of carbonyl (C=O) groups is 3. The van der Waals surface area contributed by atoms with Crippen molar-refractivity contribution in [2.45, 2.75) is 19.9 Å². The van der Waals surface area contributed by atoms with Crippen molar-refractivity contribution >= 4 is 23.9 Å². The van der Waals surface area contributed by atoms with Crippen LogP contribution in [0.1, 0.15) is 24.7 Å². The van der Waals surface area contributed by atoms with E-state index in [-0.39, 0.29) is 31.3 Å². The number of hydrogen-bond donors (Lipinski definition) is 2. The van der Waals surface area contributed by atoms with E-state index < -0.39 is 11.9 Å². The van der Waals surface area contributed by atoms with E-state index >= 15 is 0 Å². The first-order valence-corrected chi connectivity index (χ1v) is 8.99. The Kier molecular flexibility index (Phi) is 8.02. The first-order valence-electron chi connectivity index (χ1n) is 8.99. The van der Waals surface area contributed by atoms with Crippen molar-refractivity contribution in [2.75, 3.05) is 13.1 Å². The molecule has 2 rings (SSSR count). The van der Waals surface area contributed by atoms with E-state index in [0.29, 0.717) is 12.3 Å². The monoisotopic (exact) mass is 384 g/mol. The second-order valence-corrected chi connectivity index (χ2v) is 6.39. The molecule has 1 unspecified atom stereocenters. The molecule has 0 radical (unpaired) electrons. The molecule has 148 valence electrons. The zero-order chi connectivity index (χ0) is 20.4. The Morgan fingerprint density at radius 2 is 1.93 bits per heavy atom. The summed E-state index contributed by atoms with van der Waals surface area (Å²) in [5.74, 6) is -1.63. The molecule has 0 spiro atoms. The molecule has 0 aliphatic heterocycles. The standard InChI is InChI=1S/C21H24N2O5/c1-16(21(26)27)14-23(15-17-6-3-2-4-7-17)20(25)11-12-22-19(24)10-9-18-8-5-13-28-18/h2-10,13,16H,11-12,14-15H2,1H3,(H,22,24)(H,26,27). The highest BCUT2D eigenvalue weighted by molar-refractivity contribution is 5.91. The van der Waals surface area contributed by atoms with Gasteiger partial charge in [-0.3, -0.25) is 14.4 Å². The lowest BCUT2D eigenvalue weighted by Gasteiger charge is -2.25.